The van der Waals surface area contributed by atoms with Gasteiger partial charge in [-0.2, -0.15) is 13.7 Å². The summed E-state index contributed by atoms with van der Waals surface area (Å²) >= 11 is 0. The molecule has 0 spiro atoms. The molecule has 3 N–H and O–H groups in total. The van der Waals surface area contributed by atoms with Gasteiger partial charge in [-0.1, -0.05) is 0 Å². The maximum Gasteiger partial charge on any atom is 0.307 e. The second-order valence-corrected chi connectivity index (χ2v) is 6.05. The number of hydrogen-bond acceptors (Lipinski definition) is 7. The number of anilines is 1. The van der Waals surface area contributed by atoms with Crippen molar-refractivity contribution in [3.63, 3.8) is 0 Å². The van der Waals surface area contributed by atoms with Crippen LogP contribution in [0, 0.1) is 11.3 Å². The van der Waals surface area contributed by atoms with Crippen LogP contribution in [0.5, 0.6) is 0 Å². The number of rotatable bonds is 8. The van der Waals surface area contributed by atoms with Crippen LogP contribution in [0.15, 0.2) is 40.9 Å². The molecule has 0 aromatic heterocycles. The average Bonchev–Trinajstić information content (AvgIpc) is 2.54. The summed E-state index contributed by atoms with van der Waals surface area (Å²) in [6.07, 6.45) is 1.25. The van der Waals surface area contributed by atoms with Crippen molar-refractivity contribution in [2.24, 2.45) is 0 Å². The van der Waals surface area contributed by atoms with Crippen LogP contribution in [0.2, 0.25) is 0 Å². The molecular weight excluding hydrogens is 350 g/mol. The minimum atomic E-state index is -4.32. The molecule has 0 saturated heterocycles. The molecule has 0 aliphatic rings. The maximum absolute atomic E-state index is 12.0. The summed E-state index contributed by atoms with van der Waals surface area (Å²) in [6.45, 7) is 2.16. The first kappa shape index (κ1) is 20.1. The smallest absolute Gasteiger partial charge is 0.307 e. The van der Waals surface area contributed by atoms with Gasteiger partial charge in [0.05, 0.1) is 17.9 Å². The first-order valence-corrected chi connectivity index (χ1v) is 8.60. The van der Waals surface area contributed by atoms with Gasteiger partial charge in [0.15, 0.2) is 0 Å². The Hall–Kier alpha value is -2.90. The standard InChI is InChI=1S/C15H17N3O6S/c1-2-24-14(19)7-8-17-10-11(9-16)15(20)18-12-3-5-13(6-4-12)25(21,22)23/h3-6,10,17H,2,7-8H2,1H3,(H,18,20)(H,21,22,23)/b11-10-. The highest BCUT2D eigenvalue weighted by molar-refractivity contribution is 7.85. The maximum atomic E-state index is 12.0. The van der Waals surface area contributed by atoms with E-state index in [0.717, 1.165) is 12.1 Å². The lowest BCUT2D eigenvalue weighted by molar-refractivity contribution is -0.142. The Morgan fingerprint density at radius 2 is 1.96 bits per heavy atom. The second kappa shape index (κ2) is 9.41. The zero-order valence-electron chi connectivity index (χ0n) is 13.4. The summed E-state index contributed by atoms with van der Waals surface area (Å²) < 4.78 is 35.5. The number of benzene rings is 1. The number of carbonyl (C=O) groups is 2. The first-order valence-electron chi connectivity index (χ1n) is 7.16. The van der Waals surface area contributed by atoms with E-state index in [0.29, 0.717) is 0 Å². The molecule has 0 aliphatic heterocycles. The molecule has 1 aromatic rings. The Kier molecular flexibility index (Phi) is 7.58. The summed E-state index contributed by atoms with van der Waals surface area (Å²) in [4.78, 5) is 22.8. The number of esters is 1. The van der Waals surface area contributed by atoms with E-state index < -0.39 is 22.0 Å². The van der Waals surface area contributed by atoms with Crippen molar-refractivity contribution >= 4 is 27.7 Å². The molecule has 1 amide bonds. The predicted molar refractivity (Wildman–Crippen MR) is 87.8 cm³/mol. The van der Waals surface area contributed by atoms with Crippen LogP contribution in [0.25, 0.3) is 0 Å². The molecule has 25 heavy (non-hydrogen) atoms. The van der Waals surface area contributed by atoms with Gasteiger partial charge in [-0.05, 0) is 31.2 Å². The van der Waals surface area contributed by atoms with Crippen LogP contribution in [-0.4, -0.2) is 38.0 Å². The molecule has 1 rings (SSSR count). The Morgan fingerprint density at radius 3 is 2.48 bits per heavy atom. The molecule has 0 unspecified atom stereocenters. The monoisotopic (exact) mass is 367 g/mol. The minimum Gasteiger partial charge on any atom is -0.466 e. The third kappa shape index (κ3) is 7.03. The van der Waals surface area contributed by atoms with Crippen LogP contribution < -0.4 is 10.6 Å². The van der Waals surface area contributed by atoms with Gasteiger partial charge in [-0.15, -0.1) is 0 Å². The van der Waals surface area contributed by atoms with Crippen LogP contribution in [-0.2, 0) is 24.4 Å². The predicted octanol–water partition coefficient (Wildman–Crippen LogP) is 0.822. The molecule has 0 saturated carbocycles. The highest BCUT2D eigenvalue weighted by Crippen LogP contribution is 2.14. The average molecular weight is 367 g/mol. The van der Waals surface area contributed by atoms with Crippen molar-refractivity contribution in [3.8, 4) is 6.07 Å². The lowest BCUT2D eigenvalue weighted by atomic mass is 10.2. The third-order valence-corrected chi connectivity index (χ3v) is 3.67. The van der Waals surface area contributed by atoms with Crippen LogP contribution in [0.3, 0.4) is 0 Å². The molecule has 1 aromatic carbocycles. The Morgan fingerprint density at radius 1 is 1.32 bits per heavy atom. The molecule has 134 valence electrons. The number of nitrogens with one attached hydrogen (secondary N) is 2. The highest BCUT2D eigenvalue weighted by Gasteiger charge is 2.12. The Balaban J connectivity index is 2.63. The van der Waals surface area contributed by atoms with Crippen LogP contribution >= 0.6 is 0 Å². The number of nitriles is 1. The summed E-state index contributed by atoms with van der Waals surface area (Å²) in [5.74, 6) is -1.11. The van der Waals surface area contributed by atoms with Crippen molar-refractivity contribution in [1.29, 1.82) is 5.26 Å². The fourth-order valence-corrected chi connectivity index (χ4v) is 2.12. The number of carbonyl (C=O) groups excluding carboxylic acids is 2. The topological polar surface area (TPSA) is 146 Å². The molecule has 0 fully saturated rings. The zero-order chi connectivity index (χ0) is 18.9. The van der Waals surface area contributed by atoms with E-state index in [4.69, 9.17) is 14.6 Å². The van der Waals surface area contributed by atoms with E-state index in [1.165, 1.54) is 18.3 Å². The van der Waals surface area contributed by atoms with Gasteiger partial charge in [0.1, 0.15) is 11.6 Å². The van der Waals surface area contributed by atoms with Crippen molar-refractivity contribution < 1.29 is 27.3 Å². The normalized spacial score (nSPS) is 11.3. The number of hydrogen-bond donors (Lipinski definition) is 3. The number of ether oxygens (including phenoxy) is 1. The van der Waals surface area contributed by atoms with Gasteiger partial charge in [0.2, 0.25) is 0 Å². The van der Waals surface area contributed by atoms with E-state index in [1.807, 2.05) is 0 Å². The largest absolute Gasteiger partial charge is 0.466 e. The van der Waals surface area contributed by atoms with Crippen molar-refractivity contribution in [2.45, 2.75) is 18.2 Å². The van der Waals surface area contributed by atoms with Gasteiger partial charge >= 0.3 is 5.97 Å². The van der Waals surface area contributed by atoms with Crippen molar-refractivity contribution in [2.75, 3.05) is 18.5 Å². The van der Waals surface area contributed by atoms with Crippen LogP contribution in [0.1, 0.15) is 13.3 Å². The molecule has 0 heterocycles. The molecular formula is C15H17N3O6S. The fourth-order valence-electron chi connectivity index (χ4n) is 1.64. The van der Waals surface area contributed by atoms with E-state index in [1.54, 1.807) is 13.0 Å². The molecule has 0 radical (unpaired) electrons. The van der Waals surface area contributed by atoms with E-state index in [9.17, 15) is 18.0 Å². The summed E-state index contributed by atoms with van der Waals surface area (Å²) in [7, 11) is -4.32. The second-order valence-electron chi connectivity index (χ2n) is 4.63. The summed E-state index contributed by atoms with van der Waals surface area (Å²) in [6, 6.07) is 6.46. The zero-order valence-corrected chi connectivity index (χ0v) is 14.2. The molecule has 0 aliphatic carbocycles. The molecule has 9 nitrogen and oxygen atoms in total. The lowest BCUT2D eigenvalue weighted by Crippen LogP contribution is -2.19. The Bertz CT molecular complexity index is 794. The van der Waals surface area contributed by atoms with E-state index >= 15 is 0 Å². The quantitative estimate of drug-likeness (QED) is 0.201. The molecule has 10 heteroatoms. The first-order chi connectivity index (χ1) is 11.8. The van der Waals surface area contributed by atoms with Crippen molar-refractivity contribution in [1.82, 2.24) is 5.32 Å². The van der Waals surface area contributed by atoms with Gasteiger partial charge in [-0.25, -0.2) is 0 Å². The third-order valence-electron chi connectivity index (χ3n) is 2.80. The van der Waals surface area contributed by atoms with E-state index in [2.05, 4.69) is 10.6 Å². The minimum absolute atomic E-state index is 0.0851. The number of amides is 1. The van der Waals surface area contributed by atoms with Crippen LogP contribution in [0.4, 0.5) is 5.69 Å². The molecule has 0 bridgehead atoms. The van der Waals surface area contributed by atoms with Gasteiger partial charge in [0.25, 0.3) is 16.0 Å². The lowest BCUT2D eigenvalue weighted by Gasteiger charge is -2.06. The summed E-state index contributed by atoms with van der Waals surface area (Å²) in [5.41, 5.74) is 0.00721. The molecule has 0 atom stereocenters. The van der Waals surface area contributed by atoms with E-state index in [-0.39, 0.29) is 35.7 Å². The highest BCUT2D eigenvalue weighted by atomic mass is 32.2. The fraction of sp³-hybridized carbons (Fsp3) is 0.267. The summed E-state index contributed by atoms with van der Waals surface area (Å²) in [5, 5.41) is 14.1. The van der Waals surface area contributed by atoms with Gasteiger partial charge in [-0.3, -0.25) is 14.1 Å². The number of nitrogens with zero attached hydrogens (tertiary/aromatic N) is 1. The van der Waals surface area contributed by atoms with Crippen molar-refractivity contribution in [3.05, 3.63) is 36.0 Å². The van der Waals surface area contributed by atoms with Gasteiger partial charge < -0.3 is 15.4 Å². The van der Waals surface area contributed by atoms with Gasteiger partial charge in [0, 0.05) is 18.4 Å². The Labute approximate surface area is 145 Å². The SMILES string of the molecule is CCOC(=O)CCN/C=C(/C#N)C(=O)Nc1ccc(S(=O)(=O)O)cc1.